The Morgan fingerprint density at radius 1 is 1.33 bits per heavy atom. The Morgan fingerprint density at radius 3 is 2.89 bits per heavy atom. The van der Waals surface area contributed by atoms with Crippen LogP contribution < -0.4 is 11.3 Å². The summed E-state index contributed by atoms with van der Waals surface area (Å²) in [4.78, 5) is 1.37. The third-order valence-electron chi connectivity index (χ3n) is 3.95. The fourth-order valence-corrected chi connectivity index (χ4v) is 4.07. The van der Waals surface area contributed by atoms with E-state index in [0.29, 0.717) is 5.92 Å². The van der Waals surface area contributed by atoms with Gasteiger partial charge in [-0.05, 0) is 47.9 Å². The fraction of sp³-hybridized carbons (Fsp3) is 0.333. The highest BCUT2D eigenvalue weighted by Crippen LogP contribution is 2.43. The number of fused-ring (bicyclic) bond motifs is 1. The van der Waals surface area contributed by atoms with Crippen molar-refractivity contribution in [2.75, 3.05) is 0 Å². The van der Waals surface area contributed by atoms with E-state index in [-0.39, 0.29) is 6.04 Å². The molecule has 0 bridgehead atoms. The van der Waals surface area contributed by atoms with E-state index in [9.17, 15) is 0 Å². The van der Waals surface area contributed by atoms with Gasteiger partial charge in [0.25, 0.3) is 0 Å². The quantitative estimate of drug-likeness (QED) is 0.655. The maximum atomic E-state index is 5.83. The summed E-state index contributed by atoms with van der Waals surface area (Å²) in [7, 11) is 0. The summed E-state index contributed by atoms with van der Waals surface area (Å²) in [5.41, 5.74) is 7.33. The number of hydrogen-bond donors (Lipinski definition) is 2. The van der Waals surface area contributed by atoms with Crippen molar-refractivity contribution in [1.29, 1.82) is 0 Å². The molecule has 1 aliphatic carbocycles. The highest BCUT2D eigenvalue weighted by molar-refractivity contribution is 7.10. The van der Waals surface area contributed by atoms with E-state index in [4.69, 9.17) is 5.84 Å². The van der Waals surface area contributed by atoms with E-state index in [1.807, 2.05) is 0 Å². The van der Waals surface area contributed by atoms with E-state index in [1.54, 1.807) is 11.3 Å². The Labute approximate surface area is 112 Å². The van der Waals surface area contributed by atoms with Gasteiger partial charge in [0.15, 0.2) is 0 Å². The van der Waals surface area contributed by atoms with Crippen LogP contribution in [0.1, 0.15) is 39.9 Å². The van der Waals surface area contributed by atoms with Crippen molar-refractivity contribution in [1.82, 2.24) is 5.43 Å². The molecule has 1 aromatic heterocycles. The summed E-state index contributed by atoms with van der Waals surface area (Å²) in [6.45, 7) is 2.16. The molecule has 2 aromatic rings. The molecule has 3 N–H and O–H groups in total. The highest BCUT2D eigenvalue weighted by Gasteiger charge is 2.31. The molecule has 2 unspecified atom stereocenters. The SMILES string of the molecule is Cc1ccsc1C(NN)C1CCc2ccccc21. The Morgan fingerprint density at radius 2 is 2.17 bits per heavy atom. The molecule has 0 fully saturated rings. The van der Waals surface area contributed by atoms with E-state index in [0.717, 1.165) is 0 Å². The number of benzene rings is 1. The van der Waals surface area contributed by atoms with Gasteiger partial charge in [-0.25, -0.2) is 0 Å². The topological polar surface area (TPSA) is 38.0 Å². The Balaban J connectivity index is 1.98. The summed E-state index contributed by atoms with van der Waals surface area (Å²) in [5.74, 6) is 6.33. The molecule has 1 aliphatic rings. The second-order valence-corrected chi connectivity index (χ2v) is 5.90. The molecule has 1 heterocycles. The van der Waals surface area contributed by atoms with Gasteiger partial charge in [0.2, 0.25) is 0 Å². The van der Waals surface area contributed by atoms with Gasteiger partial charge < -0.3 is 0 Å². The van der Waals surface area contributed by atoms with Crippen molar-refractivity contribution in [3.63, 3.8) is 0 Å². The van der Waals surface area contributed by atoms with Crippen molar-refractivity contribution < 1.29 is 0 Å². The summed E-state index contributed by atoms with van der Waals surface area (Å²) in [5, 5.41) is 2.15. The van der Waals surface area contributed by atoms with Gasteiger partial charge in [0, 0.05) is 10.8 Å². The van der Waals surface area contributed by atoms with Gasteiger partial charge in [-0.15, -0.1) is 11.3 Å². The van der Waals surface area contributed by atoms with Crippen LogP contribution in [0.5, 0.6) is 0 Å². The molecule has 0 saturated heterocycles. The van der Waals surface area contributed by atoms with Gasteiger partial charge in [-0.2, -0.15) is 0 Å². The average molecular weight is 258 g/mol. The number of thiophene rings is 1. The predicted octanol–water partition coefficient (Wildman–Crippen LogP) is 3.29. The van der Waals surface area contributed by atoms with E-state index in [2.05, 4.69) is 48.1 Å². The lowest BCUT2D eigenvalue weighted by atomic mass is 9.91. The third-order valence-corrected chi connectivity index (χ3v) is 5.05. The highest BCUT2D eigenvalue weighted by atomic mass is 32.1. The largest absolute Gasteiger partial charge is 0.271 e. The van der Waals surface area contributed by atoms with Crippen LogP contribution in [-0.4, -0.2) is 0 Å². The number of nitrogens with two attached hydrogens (primary N) is 1. The average Bonchev–Trinajstić information content (AvgIpc) is 2.99. The molecule has 94 valence electrons. The van der Waals surface area contributed by atoms with E-state index in [1.165, 1.54) is 34.4 Å². The lowest BCUT2D eigenvalue weighted by Crippen LogP contribution is -2.31. The molecule has 1 aromatic carbocycles. The normalized spacial score (nSPS) is 19.8. The molecule has 3 heteroatoms. The standard InChI is InChI=1S/C15H18N2S/c1-10-8-9-18-15(10)14(17-16)13-7-6-11-4-2-3-5-12(11)13/h2-5,8-9,13-14,17H,6-7,16H2,1H3. The summed E-state index contributed by atoms with van der Waals surface area (Å²) < 4.78 is 0. The molecule has 0 spiro atoms. The van der Waals surface area contributed by atoms with Gasteiger partial charge >= 0.3 is 0 Å². The summed E-state index contributed by atoms with van der Waals surface area (Å²) in [6, 6.07) is 11.2. The molecule has 0 radical (unpaired) electrons. The molecule has 0 amide bonds. The van der Waals surface area contributed by atoms with Crippen molar-refractivity contribution in [3.8, 4) is 0 Å². The first kappa shape index (κ1) is 11.9. The monoisotopic (exact) mass is 258 g/mol. The van der Waals surface area contributed by atoms with Crippen LogP contribution in [0.15, 0.2) is 35.7 Å². The molecule has 3 rings (SSSR count). The number of hydrogen-bond acceptors (Lipinski definition) is 3. The first-order valence-electron chi connectivity index (χ1n) is 6.39. The Kier molecular flexibility index (Phi) is 3.20. The van der Waals surface area contributed by atoms with Crippen molar-refractivity contribution in [2.24, 2.45) is 5.84 Å². The van der Waals surface area contributed by atoms with Gasteiger partial charge in [0.1, 0.15) is 0 Å². The Bertz CT molecular complexity index is 547. The van der Waals surface area contributed by atoms with E-state index < -0.39 is 0 Å². The zero-order valence-corrected chi connectivity index (χ0v) is 11.3. The molecule has 18 heavy (non-hydrogen) atoms. The maximum absolute atomic E-state index is 5.83. The first-order chi connectivity index (χ1) is 8.81. The predicted molar refractivity (Wildman–Crippen MR) is 76.6 cm³/mol. The van der Waals surface area contributed by atoms with Crippen molar-refractivity contribution in [2.45, 2.75) is 31.7 Å². The van der Waals surface area contributed by atoms with Crippen LogP contribution in [0.4, 0.5) is 0 Å². The van der Waals surface area contributed by atoms with Gasteiger partial charge in [-0.1, -0.05) is 24.3 Å². The molecular weight excluding hydrogens is 240 g/mol. The smallest absolute Gasteiger partial charge is 0.0624 e. The van der Waals surface area contributed by atoms with Crippen molar-refractivity contribution >= 4 is 11.3 Å². The number of hydrazine groups is 1. The van der Waals surface area contributed by atoms with Crippen molar-refractivity contribution in [3.05, 3.63) is 57.3 Å². The minimum Gasteiger partial charge on any atom is -0.271 e. The van der Waals surface area contributed by atoms with Crippen LogP contribution >= 0.6 is 11.3 Å². The Hall–Kier alpha value is -1.16. The number of aryl methyl sites for hydroxylation is 2. The van der Waals surface area contributed by atoms with Crippen LogP contribution in [0.2, 0.25) is 0 Å². The van der Waals surface area contributed by atoms with Gasteiger partial charge in [-0.3, -0.25) is 11.3 Å². The second-order valence-electron chi connectivity index (χ2n) is 4.96. The second kappa shape index (κ2) is 4.84. The maximum Gasteiger partial charge on any atom is 0.0624 e. The first-order valence-corrected chi connectivity index (χ1v) is 7.27. The fourth-order valence-electron chi connectivity index (χ4n) is 3.01. The number of nitrogens with one attached hydrogen (secondary N) is 1. The molecule has 2 nitrogen and oxygen atoms in total. The molecular formula is C15H18N2S. The molecule has 2 atom stereocenters. The number of rotatable bonds is 3. The summed E-state index contributed by atoms with van der Waals surface area (Å²) in [6.07, 6.45) is 2.36. The zero-order valence-electron chi connectivity index (χ0n) is 10.5. The van der Waals surface area contributed by atoms with Crippen LogP contribution in [0, 0.1) is 6.92 Å². The van der Waals surface area contributed by atoms with E-state index >= 15 is 0 Å². The molecule has 0 aliphatic heterocycles. The van der Waals surface area contributed by atoms with Crippen LogP contribution in [-0.2, 0) is 6.42 Å². The molecule has 0 saturated carbocycles. The lowest BCUT2D eigenvalue weighted by molar-refractivity contribution is 0.458. The van der Waals surface area contributed by atoms with Crippen LogP contribution in [0.3, 0.4) is 0 Å². The van der Waals surface area contributed by atoms with Crippen LogP contribution in [0.25, 0.3) is 0 Å². The minimum absolute atomic E-state index is 0.244. The third kappa shape index (κ3) is 1.88. The lowest BCUT2D eigenvalue weighted by Gasteiger charge is -2.23. The summed E-state index contributed by atoms with van der Waals surface area (Å²) >= 11 is 1.80. The van der Waals surface area contributed by atoms with Gasteiger partial charge in [0.05, 0.1) is 6.04 Å². The minimum atomic E-state index is 0.244. The zero-order chi connectivity index (χ0) is 12.5.